The predicted molar refractivity (Wildman–Crippen MR) is 110 cm³/mol. The molecule has 0 saturated heterocycles. The minimum atomic E-state index is -0.550. The SMILES string of the molecule is O=C(Oc1ccncc1)N(CC(S)CCc1nn[nH]n1)c1ccc2ncsc2n1. The van der Waals surface area contributed by atoms with Crippen molar-refractivity contribution in [3.8, 4) is 5.75 Å². The number of nitrogens with one attached hydrogen (secondary N) is 1. The molecule has 0 saturated carbocycles. The van der Waals surface area contributed by atoms with E-state index in [4.69, 9.17) is 4.74 Å². The van der Waals surface area contributed by atoms with Gasteiger partial charge < -0.3 is 4.74 Å². The maximum atomic E-state index is 12.9. The molecule has 4 rings (SSSR count). The highest BCUT2D eigenvalue weighted by atomic mass is 32.1. The molecular weight excluding hydrogens is 412 g/mol. The number of thiazole rings is 1. The molecule has 0 aromatic carbocycles. The van der Waals surface area contributed by atoms with Gasteiger partial charge in [-0.1, -0.05) is 5.21 Å². The fourth-order valence-corrected chi connectivity index (χ4v) is 3.55. The quantitative estimate of drug-likeness (QED) is 0.431. The van der Waals surface area contributed by atoms with Gasteiger partial charge in [-0.2, -0.15) is 17.8 Å². The zero-order chi connectivity index (χ0) is 20.1. The van der Waals surface area contributed by atoms with E-state index in [1.54, 1.807) is 36.1 Å². The molecule has 0 fully saturated rings. The van der Waals surface area contributed by atoms with Crippen LogP contribution in [0.1, 0.15) is 12.2 Å². The van der Waals surface area contributed by atoms with Crippen LogP contribution >= 0.6 is 24.0 Å². The largest absolute Gasteiger partial charge is 0.420 e. The van der Waals surface area contributed by atoms with E-state index < -0.39 is 6.09 Å². The van der Waals surface area contributed by atoms with Gasteiger partial charge in [-0.3, -0.25) is 9.88 Å². The number of aromatic amines is 1. The first kappa shape index (κ1) is 19.2. The second-order valence-corrected chi connectivity index (χ2v) is 7.59. The highest BCUT2D eigenvalue weighted by Crippen LogP contribution is 2.23. The van der Waals surface area contributed by atoms with Crippen molar-refractivity contribution < 1.29 is 9.53 Å². The van der Waals surface area contributed by atoms with Gasteiger partial charge in [0, 0.05) is 30.6 Å². The van der Waals surface area contributed by atoms with Crippen LogP contribution in [0.2, 0.25) is 0 Å². The van der Waals surface area contributed by atoms with Crippen LogP contribution in [-0.4, -0.2) is 53.5 Å². The monoisotopic (exact) mass is 428 g/mol. The van der Waals surface area contributed by atoms with Crippen LogP contribution in [0.4, 0.5) is 10.6 Å². The summed E-state index contributed by atoms with van der Waals surface area (Å²) >= 11 is 6.04. The number of anilines is 1. The zero-order valence-corrected chi connectivity index (χ0v) is 16.8. The van der Waals surface area contributed by atoms with Crippen LogP contribution in [0.25, 0.3) is 10.3 Å². The zero-order valence-electron chi connectivity index (χ0n) is 15.0. The van der Waals surface area contributed by atoms with Gasteiger partial charge in [-0.25, -0.2) is 14.8 Å². The van der Waals surface area contributed by atoms with Crippen LogP contribution in [0.3, 0.4) is 0 Å². The molecule has 12 heteroatoms. The molecule has 0 spiro atoms. The molecule has 29 heavy (non-hydrogen) atoms. The minimum absolute atomic E-state index is 0.155. The summed E-state index contributed by atoms with van der Waals surface area (Å²) in [6.45, 7) is 0.294. The van der Waals surface area contributed by atoms with E-state index in [9.17, 15) is 4.79 Å². The Kier molecular flexibility index (Phi) is 5.91. The van der Waals surface area contributed by atoms with Crippen LogP contribution in [-0.2, 0) is 6.42 Å². The predicted octanol–water partition coefficient (Wildman–Crippen LogP) is 2.54. The van der Waals surface area contributed by atoms with Crippen molar-refractivity contribution in [2.24, 2.45) is 0 Å². The van der Waals surface area contributed by atoms with Crippen molar-refractivity contribution >= 4 is 46.2 Å². The topological polar surface area (TPSA) is 123 Å². The number of aryl methyl sites for hydroxylation is 1. The second kappa shape index (κ2) is 8.92. The van der Waals surface area contributed by atoms with E-state index in [1.807, 2.05) is 6.07 Å². The number of amides is 1. The number of pyridine rings is 2. The molecule has 0 aliphatic heterocycles. The second-order valence-electron chi connectivity index (χ2n) is 6.03. The van der Waals surface area contributed by atoms with Gasteiger partial charge in [0.1, 0.15) is 21.9 Å². The summed E-state index contributed by atoms with van der Waals surface area (Å²) in [5.74, 6) is 1.47. The number of ether oxygens (including phenoxy) is 1. The Bertz CT molecular complexity index is 1070. The van der Waals surface area contributed by atoms with Gasteiger partial charge >= 0.3 is 6.09 Å². The van der Waals surface area contributed by atoms with Crippen LogP contribution in [0, 0.1) is 0 Å². The van der Waals surface area contributed by atoms with Gasteiger partial charge in [-0.05, 0) is 30.7 Å². The average Bonchev–Trinajstić information content (AvgIpc) is 3.42. The van der Waals surface area contributed by atoms with Crippen molar-refractivity contribution in [2.75, 3.05) is 11.4 Å². The Balaban J connectivity index is 1.53. The molecule has 4 aromatic heterocycles. The summed E-state index contributed by atoms with van der Waals surface area (Å²) in [7, 11) is 0. The molecule has 0 bridgehead atoms. The number of hydrogen-bond acceptors (Lipinski definition) is 10. The number of nitrogens with zero attached hydrogens (tertiary/aromatic N) is 7. The van der Waals surface area contributed by atoms with Crippen molar-refractivity contribution in [2.45, 2.75) is 18.1 Å². The first-order chi connectivity index (χ1) is 14.2. The maximum absolute atomic E-state index is 12.9. The molecule has 1 atom stereocenters. The Morgan fingerprint density at radius 3 is 2.93 bits per heavy atom. The third-order valence-corrected chi connectivity index (χ3v) is 5.17. The van der Waals surface area contributed by atoms with Crippen molar-refractivity contribution in [3.05, 3.63) is 48.0 Å². The number of tetrazole rings is 1. The number of H-pyrrole nitrogens is 1. The standard InChI is InChI=1S/C17H16N8O2S2/c26-17(27-11-5-7-18-8-6-11)25(9-12(28)1-3-14-21-23-24-22-14)15-4-2-13-16(20-15)29-10-19-13/h2,4-8,10,12,28H,1,3,9H2,(H,21,22,23,24). The van der Waals surface area contributed by atoms with E-state index in [0.29, 0.717) is 36.8 Å². The van der Waals surface area contributed by atoms with E-state index in [1.165, 1.54) is 16.2 Å². The van der Waals surface area contributed by atoms with Gasteiger partial charge in [0.15, 0.2) is 5.82 Å². The first-order valence-corrected chi connectivity index (χ1v) is 10.1. The molecular formula is C17H16N8O2S2. The number of aromatic nitrogens is 7. The summed E-state index contributed by atoms with van der Waals surface area (Å²) in [4.78, 5) is 27.8. The molecule has 1 N–H and O–H groups in total. The van der Waals surface area contributed by atoms with E-state index in [0.717, 1.165) is 10.3 Å². The number of carbonyl (C=O) groups excluding carboxylic acids is 1. The highest BCUT2D eigenvalue weighted by molar-refractivity contribution is 7.81. The lowest BCUT2D eigenvalue weighted by Gasteiger charge is -2.24. The summed E-state index contributed by atoms with van der Waals surface area (Å²) in [6.07, 6.45) is 3.79. The van der Waals surface area contributed by atoms with Gasteiger partial charge in [0.2, 0.25) is 0 Å². The van der Waals surface area contributed by atoms with Crippen molar-refractivity contribution in [1.82, 2.24) is 35.6 Å². The van der Waals surface area contributed by atoms with Crippen molar-refractivity contribution in [1.29, 1.82) is 0 Å². The number of hydrogen-bond donors (Lipinski definition) is 2. The molecule has 10 nitrogen and oxygen atoms in total. The fourth-order valence-electron chi connectivity index (χ4n) is 2.60. The minimum Gasteiger partial charge on any atom is -0.410 e. The molecule has 4 aromatic rings. The van der Waals surface area contributed by atoms with E-state index >= 15 is 0 Å². The lowest BCUT2D eigenvalue weighted by molar-refractivity contribution is 0.207. The maximum Gasteiger partial charge on any atom is 0.420 e. The summed E-state index contributed by atoms with van der Waals surface area (Å²) in [5, 5.41) is 13.7. The molecule has 148 valence electrons. The van der Waals surface area contributed by atoms with Crippen molar-refractivity contribution in [3.63, 3.8) is 0 Å². The molecule has 0 aliphatic rings. The van der Waals surface area contributed by atoms with E-state index in [2.05, 4.69) is 48.2 Å². The number of rotatable bonds is 7. The lowest BCUT2D eigenvalue weighted by atomic mass is 10.2. The van der Waals surface area contributed by atoms with Crippen LogP contribution < -0.4 is 9.64 Å². The molecule has 4 heterocycles. The number of thiol groups is 1. The average molecular weight is 429 g/mol. The third kappa shape index (κ3) is 4.84. The smallest absolute Gasteiger partial charge is 0.410 e. The number of fused-ring (bicyclic) bond motifs is 1. The fraction of sp³-hybridized carbons (Fsp3) is 0.235. The lowest BCUT2D eigenvalue weighted by Crippen LogP contribution is -2.38. The first-order valence-electron chi connectivity index (χ1n) is 8.69. The van der Waals surface area contributed by atoms with Gasteiger partial charge in [-0.15, -0.1) is 21.5 Å². The van der Waals surface area contributed by atoms with Crippen LogP contribution in [0.15, 0.2) is 42.2 Å². The summed E-state index contributed by atoms with van der Waals surface area (Å²) in [5.41, 5.74) is 2.49. The molecule has 1 amide bonds. The molecule has 1 unspecified atom stereocenters. The Hall–Kier alpha value is -3.12. The summed E-state index contributed by atoms with van der Waals surface area (Å²) in [6, 6.07) is 6.80. The van der Waals surface area contributed by atoms with E-state index in [-0.39, 0.29) is 5.25 Å². The van der Waals surface area contributed by atoms with Gasteiger partial charge in [0.25, 0.3) is 0 Å². The Labute approximate surface area is 174 Å². The Morgan fingerprint density at radius 1 is 1.28 bits per heavy atom. The highest BCUT2D eigenvalue weighted by Gasteiger charge is 2.23. The Morgan fingerprint density at radius 2 is 2.14 bits per heavy atom. The summed E-state index contributed by atoms with van der Waals surface area (Å²) < 4.78 is 5.50. The molecule has 0 radical (unpaired) electrons. The van der Waals surface area contributed by atoms with Gasteiger partial charge in [0.05, 0.1) is 5.51 Å². The van der Waals surface area contributed by atoms with Crippen LogP contribution in [0.5, 0.6) is 5.75 Å². The molecule has 0 aliphatic carbocycles. The normalized spacial score (nSPS) is 12.0. The number of carbonyl (C=O) groups is 1. The third-order valence-electron chi connectivity index (χ3n) is 4.02.